The Kier molecular flexibility index (Phi) is 5.72. The topological polar surface area (TPSA) is 54.7 Å². The number of thioether (sulfide) groups is 1. The summed E-state index contributed by atoms with van der Waals surface area (Å²) in [5.74, 6) is 2.03. The zero-order valence-electron chi connectivity index (χ0n) is 12.4. The fourth-order valence-corrected chi connectivity index (χ4v) is 2.55. The van der Waals surface area contributed by atoms with Crippen molar-refractivity contribution in [1.29, 1.82) is 0 Å². The molecule has 0 saturated carbocycles. The molecule has 2 heterocycles. The Balaban J connectivity index is 1.95. The highest BCUT2D eigenvalue weighted by atomic mass is 32.2. The quantitative estimate of drug-likeness (QED) is 0.504. The predicted octanol–water partition coefficient (Wildman–Crippen LogP) is 0.732. The molecule has 1 aromatic rings. The summed E-state index contributed by atoms with van der Waals surface area (Å²) in [6.45, 7) is 3.33. The van der Waals surface area contributed by atoms with Crippen molar-refractivity contribution in [1.82, 2.24) is 20.0 Å². The lowest BCUT2D eigenvalue weighted by atomic mass is 10.1. The number of rotatable bonds is 4. The third-order valence-electron chi connectivity index (χ3n) is 3.26. The van der Waals surface area contributed by atoms with Crippen molar-refractivity contribution in [2.75, 3.05) is 45.3 Å². The van der Waals surface area contributed by atoms with Crippen LogP contribution in [0, 0.1) is 0 Å². The minimum Gasteiger partial charge on any atom is -0.370 e. The Labute approximate surface area is 124 Å². The molecule has 0 spiro atoms. The molecular formula is C13H23N5OS. The molecule has 0 aromatic carbocycles. The molecule has 1 aliphatic rings. The number of aryl methyl sites for hydroxylation is 1. The number of ether oxygens (including phenoxy) is 1. The van der Waals surface area contributed by atoms with Crippen molar-refractivity contribution in [3.63, 3.8) is 0 Å². The average molecular weight is 297 g/mol. The molecular weight excluding hydrogens is 274 g/mol. The zero-order chi connectivity index (χ0) is 14.4. The van der Waals surface area contributed by atoms with Crippen LogP contribution in [0.3, 0.4) is 0 Å². The van der Waals surface area contributed by atoms with E-state index in [2.05, 4.69) is 26.6 Å². The maximum atomic E-state index is 5.85. The molecule has 0 amide bonds. The summed E-state index contributed by atoms with van der Waals surface area (Å²) in [5, 5.41) is 7.61. The second-order valence-corrected chi connectivity index (χ2v) is 5.71. The summed E-state index contributed by atoms with van der Waals surface area (Å²) in [4.78, 5) is 6.61. The average Bonchev–Trinajstić information content (AvgIpc) is 2.90. The predicted molar refractivity (Wildman–Crippen MR) is 83.2 cm³/mol. The van der Waals surface area contributed by atoms with E-state index in [1.165, 1.54) is 0 Å². The Hall–Kier alpha value is -1.21. The third-order valence-corrected chi connectivity index (χ3v) is 3.88. The van der Waals surface area contributed by atoms with Gasteiger partial charge in [0.05, 0.1) is 19.3 Å². The first-order chi connectivity index (χ1) is 9.74. The van der Waals surface area contributed by atoms with Gasteiger partial charge in [-0.25, -0.2) is 0 Å². The summed E-state index contributed by atoms with van der Waals surface area (Å²) < 4.78 is 7.65. The Morgan fingerprint density at radius 2 is 2.50 bits per heavy atom. The van der Waals surface area contributed by atoms with Crippen LogP contribution in [-0.4, -0.2) is 65.9 Å². The smallest absolute Gasteiger partial charge is 0.193 e. The van der Waals surface area contributed by atoms with Crippen LogP contribution in [0.15, 0.2) is 17.4 Å². The second kappa shape index (κ2) is 7.54. The molecule has 6 nitrogen and oxygen atoms in total. The molecule has 1 fully saturated rings. The Morgan fingerprint density at radius 1 is 1.65 bits per heavy atom. The molecule has 1 saturated heterocycles. The molecule has 1 atom stereocenters. The number of aromatic nitrogens is 2. The van der Waals surface area contributed by atoms with Crippen LogP contribution in [-0.2, 0) is 11.8 Å². The van der Waals surface area contributed by atoms with E-state index in [1.54, 1.807) is 0 Å². The van der Waals surface area contributed by atoms with E-state index in [9.17, 15) is 0 Å². The van der Waals surface area contributed by atoms with Gasteiger partial charge < -0.3 is 15.0 Å². The number of nitrogens with zero attached hydrogens (tertiary/aromatic N) is 4. The minimum absolute atomic E-state index is 0.0663. The fraction of sp³-hybridized carbons (Fsp3) is 0.692. The van der Waals surface area contributed by atoms with Gasteiger partial charge in [-0.2, -0.15) is 16.9 Å². The molecule has 0 aliphatic carbocycles. The first kappa shape index (κ1) is 15.2. The van der Waals surface area contributed by atoms with E-state index in [0.29, 0.717) is 6.61 Å². The van der Waals surface area contributed by atoms with Crippen LogP contribution in [0.2, 0.25) is 0 Å². The third kappa shape index (κ3) is 3.89. The molecule has 20 heavy (non-hydrogen) atoms. The number of nitrogens with one attached hydrogen (secondary N) is 1. The van der Waals surface area contributed by atoms with Crippen LogP contribution in [0.4, 0.5) is 0 Å². The van der Waals surface area contributed by atoms with Crippen LogP contribution in [0.5, 0.6) is 0 Å². The van der Waals surface area contributed by atoms with Crippen LogP contribution < -0.4 is 5.32 Å². The van der Waals surface area contributed by atoms with Gasteiger partial charge in [-0.15, -0.1) is 0 Å². The van der Waals surface area contributed by atoms with Crippen molar-refractivity contribution in [2.45, 2.75) is 6.10 Å². The molecule has 1 aliphatic heterocycles. The monoisotopic (exact) mass is 297 g/mol. The van der Waals surface area contributed by atoms with Crippen molar-refractivity contribution in [3.8, 4) is 0 Å². The van der Waals surface area contributed by atoms with Gasteiger partial charge >= 0.3 is 0 Å². The van der Waals surface area contributed by atoms with E-state index in [-0.39, 0.29) is 6.10 Å². The van der Waals surface area contributed by atoms with E-state index in [0.717, 1.165) is 36.9 Å². The van der Waals surface area contributed by atoms with Crippen LogP contribution in [0.25, 0.3) is 0 Å². The maximum Gasteiger partial charge on any atom is 0.193 e. The number of morpholine rings is 1. The number of guanidine groups is 1. The molecule has 112 valence electrons. The Morgan fingerprint density at radius 3 is 3.15 bits per heavy atom. The highest BCUT2D eigenvalue weighted by Crippen LogP contribution is 2.21. The fourth-order valence-electron chi connectivity index (χ4n) is 2.25. The number of hydrogen-bond acceptors (Lipinski definition) is 4. The Bertz CT molecular complexity index is 448. The minimum atomic E-state index is 0.0663. The van der Waals surface area contributed by atoms with Crippen LogP contribution in [0.1, 0.15) is 11.7 Å². The molecule has 0 bridgehead atoms. The SMILES string of the molecule is CN=C(NCCSC)N1CCOC(c2cnn(C)c2)C1. The maximum absolute atomic E-state index is 5.85. The van der Waals surface area contributed by atoms with Gasteiger partial charge in [-0.05, 0) is 6.26 Å². The highest BCUT2D eigenvalue weighted by molar-refractivity contribution is 7.98. The summed E-state index contributed by atoms with van der Waals surface area (Å²) in [6, 6.07) is 0. The van der Waals surface area contributed by atoms with E-state index in [4.69, 9.17) is 4.74 Å². The second-order valence-electron chi connectivity index (χ2n) is 4.72. The first-order valence-corrected chi connectivity index (χ1v) is 8.18. The highest BCUT2D eigenvalue weighted by Gasteiger charge is 2.24. The van der Waals surface area contributed by atoms with E-state index < -0.39 is 0 Å². The van der Waals surface area contributed by atoms with Crippen LogP contribution >= 0.6 is 11.8 Å². The lowest BCUT2D eigenvalue weighted by Crippen LogP contribution is -2.48. The van der Waals surface area contributed by atoms with Gasteiger partial charge in [0, 0.05) is 44.7 Å². The lowest BCUT2D eigenvalue weighted by Gasteiger charge is -2.34. The van der Waals surface area contributed by atoms with Gasteiger partial charge in [0.2, 0.25) is 0 Å². The summed E-state index contributed by atoms with van der Waals surface area (Å²) in [6.07, 6.45) is 6.06. The normalized spacial score (nSPS) is 20.2. The summed E-state index contributed by atoms with van der Waals surface area (Å²) in [5.41, 5.74) is 1.12. The lowest BCUT2D eigenvalue weighted by molar-refractivity contribution is -0.00798. The number of hydrogen-bond donors (Lipinski definition) is 1. The molecule has 7 heteroatoms. The van der Waals surface area contributed by atoms with Crippen molar-refractivity contribution >= 4 is 17.7 Å². The van der Waals surface area contributed by atoms with Gasteiger partial charge in [-0.1, -0.05) is 0 Å². The summed E-state index contributed by atoms with van der Waals surface area (Å²) in [7, 11) is 3.75. The van der Waals surface area contributed by atoms with Gasteiger partial charge in [0.25, 0.3) is 0 Å². The largest absolute Gasteiger partial charge is 0.370 e. The molecule has 1 N–H and O–H groups in total. The summed E-state index contributed by atoms with van der Waals surface area (Å²) >= 11 is 1.83. The van der Waals surface area contributed by atoms with Gasteiger partial charge in [0.1, 0.15) is 6.10 Å². The standard InChI is InChI=1S/C13H23N5OS/c1-14-13(15-4-7-20-3)18-5-6-19-12(10-18)11-8-16-17(2)9-11/h8-9,12H,4-7,10H2,1-3H3,(H,14,15). The van der Waals surface area contributed by atoms with Crippen molar-refractivity contribution in [2.24, 2.45) is 12.0 Å². The van der Waals surface area contributed by atoms with Crippen molar-refractivity contribution < 1.29 is 4.74 Å². The van der Waals surface area contributed by atoms with Gasteiger partial charge in [0.15, 0.2) is 5.96 Å². The van der Waals surface area contributed by atoms with Gasteiger partial charge in [-0.3, -0.25) is 9.67 Å². The van der Waals surface area contributed by atoms with E-state index in [1.807, 2.05) is 42.9 Å². The van der Waals surface area contributed by atoms with E-state index >= 15 is 0 Å². The molecule has 0 radical (unpaired) electrons. The molecule has 2 rings (SSSR count). The molecule has 1 unspecified atom stereocenters. The van der Waals surface area contributed by atoms with Crippen molar-refractivity contribution in [3.05, 3.63) is 18.0 Å². The molecule has 1 aromatic heterocycles. The zero-order valence-corrected chi connectivity index (χ0v) is 13.2. The number of aliphatic imine (C=N–C) groups is 1. The first-order valence-electron chi connectivity index (χ1n) is 6.79.